The van der Waals surface area contributed by atoms with Gasteiger partial charge in [0.05, 0.1) is 5.71 Å². The van der Waals surface area contributed by atoms with E-state index in [1.807, 2.05) is 0 Å². The lowest BCUT2D eigenvalue weighted by molar-refractivity contribution is 0.153. The second-order valence-electron chi connectivity index (χ2n) is 2.81. The van der Waals surface area contributed by atoms with Crippen LogP contribution >= 0.6 is 11.6 Å². The molecule has 0 fully saturated rings. The molecule has 80 valence electrons. The molecule has 0 atom stereocenters. The van der Waals surface area contributed by atoms with Crippen molar-refractivity contribution in [1.82, 2.24) is 5.32 Å². The molecule has 0 saturated carbocycles. The highest BCUT2D eigenvalue weighted by molar-refractivity contribution is 6.30. The van der Waals surface area contributed by atoms with Crippen molar-refractivity contribution in [2.24, 2.45) is 5.16 Å². The Kier molecular flexibility index (Phi) is 4.12. The van der Waals surface area contributed by atoms with Gasteiger partial charge in [-0.3, -0.25) is 4.84 Å². The van der Waals surface area contributed by atoms with E-state index in [4.69, 9.17) is 11.6 Å². The molecular weight excluding hydrogens is 216 g/mol. The van der Waals surface area contributed by atoms with Crippen LogP contribution in [-0.2, 0) is 4.84 Å². The topological polar surface area (TPSA) is 50.7 Å². The maximum Gasteiger partial charge on any atom is 0.433 e. The van der Waals surface area contributed by atoms with Gasteiger partial charge in [-0.15, -0.1) is 0 Å². The lowest BCUT2D eigenvalue weighted by Gasteiger charge is -2.00. The Labute approximate surface area is 92.9 Å². The number of carbonyl (C=O) groups excluding carboxylic acids is 1. The van der Waals surface area contributed by atoms with E-state index in [2.05, 4.69) is 15.3 Å². The first-order chi connectivity index (χ1) is 7.13. The van der Waals surface area contributed by atoms with Gasteiger partial charge in [-0.05, 0) is 24.6 Å². The van der Waals surface area contributed by atoms with Crippen LogP contribution in [-0.4, -0.2) is 18.9 Å². The first kappa shape index (κ1) is 11.5. The lowest BCUT2D eigenvalue weighted by atomic mass is 10.1. The quantitative estimate of drug-likeness (QED) is 0.478. The van der Waals surface area contributed by atoms with Crippen molar-refractivity contribution in [3.63, 3.8) is 0 Å². The summed E-state index contributed by atoms with van der Waals surface area (Å²) in [6.45, 7) is 1.74. The van der Waals surface area contributed by atoms with Gasteiger partial charge in [0.25, 0.3) is 0 Å². The summed E-state index contributed by atoms with van der Waals surface area (Å²) in [5.74, 6) is 0. The average molecular weight is 227 g/mol. The maximum atomic E-state index is 10.7. The van der Waals surface area contributed by atoms with Crippen molar-refractivity contribution >= 4 is 23.4 Å². The number of halogens is 1. The molecule has 0 bridgehead atoms. The van der Waals surface area contributed by atoms with E-state index in [0.717, 1.165) is 5.56 Å². The smallest absolute Gasteiger partial charge is 0.323 e. The standard InChI is InChI=1S/C10H11ClN2O2/c1-7(13-15-10(14)12-2)8-3-5-9(11)6-4-8/h3-6H,1-2H3,(H,12,14)/b13-7+. The molecule has 1 aromatic rings. The molecule has 15 heavy (non-hydrogen) atoms. The van der Waals surface area contributed by atoms with E-state index in [0.29, 0.717) is 10.7 Å². The van der Waals surface area contributed by atoms with Gasteiger partial charge in [0.15, 0.2) is 0 Å². The van der Waals surface area contributed by atoms with Gasteiger partial charge in [-0.25, -0.2) is 4.79 Å². The number of amides is 1. The molecule has 0 aromatic heterocycles. The zero-order valence-corrected chi connectivity index (χ0v) is 9.21. The van der Waals surface area contributed by atoms with Crippen molar-refractivity contribution in [3.8, 4) is 0 Å². The minimum Gasteiger partial charge on any atom is -0.323 e. The van der Waals surface area contributed by atoms with Crippen LogP contribution in [0.4, 0.5) is 4.79 Å². The molecule has 0 unspecified atom stereocenters. The Balaban J connectivity index is 2.71. The van der Waals surface area contributed by atoms with Crippen LogP contribution in [0.3, 0.4) is 0 Å². The predicted molar refractivity (Wildman–Crippen MR) is 59.2 cm³/mol. The summed E-state index contributed by atoms with van der Waals surface area (Å²) in [5.41, 5.74) is 1.46. The van der Waals surface area contributed by atoms with Gasteiger partial charge < -0.3 is 5.32 Å². The Morgan fingerprint density at radius 3 is 2.53 bits per heavy atom. The molecule has 4 nitrogen and oxygen atoms in total. The summed E-state index contributed by atoms with van der Waals surface area (Å²) in [5, 5.41) is 6.60. The van der Waals surface area contributed by atoms with Crippen LogP contribution in [0, 0.1) is 0 Å². The molecule has 1 amide bonds. The minimum atomic E-state index is -0.594. The molecule has 1 rings (SSSR count). The van der Waals surface area contributed by atoms with Crippen molar-refractivity contribution in [2.45, 2.75) is 6.92 Å². The largest absolute Gasteiger partial charge is 0.433 e. The summed E-state index contributed by atoms with van der Waals surface area (Å²) in [4.78, 5) is 15.3. The van der Waals surface area contributed by atoms with Gasteiger partial charge in [0.2, 0.25) is 0 Å². The molecule has 0 aliphatic carbocycles. The Morgan fingerprint density at radius 2 is 2.00 bits per heavy atom. The molecular formula is C10H11ClN2O2. The Bertz CT molecular complexity index is 374. The van der Waals surface area contributed by atoms with E-state index in [9.17, 15) is 4.79 Å². The highest BCUT2D eigenvalue weighted by Crippen LogP contribution is 2.10. The molecule has 0 aliphatic heterocycles. The molecule has 5 heteroatoms. The fourth-order valence-corrected chi connectivity index (χ4v) is 1.03. The van der Waals surface area contributed by atoms with Crippen LogP contribution in [0.5, 0.6) is 0 Å². The third-order valence-corrected chi connectivity index (χ3v) is 1.98. The lowest BCUT2D eigenvalue weighted by Crippen LogP contribution is -2.17. The van der Waals surface area contributed by atoms with Crippen molar-refractivity contribution < 1.29 is 9.63 Å². The minimum absolute atomic E-state index is 0.594. The fourth-order valence-electron chi connectivity index (χ4n) is 0.899. The summed E-state index contributed by atoms with van der Waals surface area (Å²) in [6, 6.07) is 7.09. The monoisotopic (exact) mass is 226 g/mol. The number of carbonyl (C=O) groups is 1. The zero-order valence-electron chi connectivity index (χ0n) is 8.45. The van der Waals surface area contributed by atoms with Crippen LogP contribution in [0.2, 0.25) is 5.02 Å². The van der Waals surface area contributed by atoms with Crippen LogP contribution in [0.1, 0.15) is 12.5 Å². The Hall–Kier alpha value is -1.55. The number of rotatable bonds is 2. The third-order valence-electron chi connectivity index (χ3n) is 1.73. The van der Waals surface area contributed by atoms with E-state index in [-0.39, 0.29) is 0 Å². The summed E-state index contributed by atoms with van der Waals surface area (Å²) in [6.07, 6.45) is -0.594. The molecule has 0 aliphatic rings. The highest BCUT2D eigenvalue weighted by Gasteiger charge is 2.00. The van der Waals surface area contributed by atoms with E-state index >= 15 is 0 Å². The average Bonchev–Trinajstić information content (AvgIpc) is 2.26. The number of nitrogens with zero attached hydrogens (tertiary/aromatic N) is 1. The third kappa shape index (κ3) is 3.59. The second-order valence-corrected chi connectivity index (χ2v) is 3.25. The molecule has 0 heterocycles. The highest BCUT2D eigenvalue weighted by atomic mass is 35.5. The van der Waals surface area contributed by atoms with Gasteiger partial charge in [-0.2, -0.15) is 0 Å². The maximum absolute atomic E-state index is 10.7. The summed E-state index contributed by atoms with van der Waals surface area (Å²) in [7, 11) is 1.47. The number of benzene rings is 1. The zero-order chi connectivity index (χ0) is 11.3. The summed E-state index contributed by atoms with van der Waals surface area (Å²) < 4.78 is 0. The number of oxime groups is 1. The van der Waals surface area contributed by atoms with Gasteiger partial charge in [-0.1, -0.05) is 28.9 Å². The van der Waals surface area contributed by atoms with Crippen LogP contribution < -0.4 is 5.32 Å². The molecule has 1 N–H and O–H groups in total. The van der Waals surface area contributed by atoms with Gasteiger partial charge in [0.1, 0.15) is 0 Å². The number of nitrogens with one attached hydrogen (secondary N) is 1. The first-order valence-corrected chi connectivity index (χ1v) is 4.70. The summed E-state index contributed by atoms with van der Waals surface area (Å²) >= 11 is 5.73. The van der Waals surface area contributed by atoms with Crippen LogP contribution in [0.25, 0.3) is 0 Å². The first-order valence-electron chi connectivity index (χ1n) is 4.32. The number of hydrogen-bond donors (Lipinski definition) is 1. The van der Waals surface area contributed by atoms with Gasteiger partial charge in [0, 0.05) is 12.1 Å². The molecule has 1 aromatic carbocycles. The Morgan fingerprint density at radius 1 is 1.40 bits per heavy atom. The van der Waals surface area contributed by atoms with E-state index < -0.39 is 6.09 Å². The van der Waals surface area contributed by atoms with E-state index in [1.54, 1.807) is 31.2 Å². The number of hydrogen-bond acceptors (Lipinski definition) is 3. The SMILES string of the molecule is CNC(=O)O/N=C(\C)c1ccc(Cl)cc1. The second kappa shape index (κ2) is 5.36. The van der Waals surface area contributed by atoms with Crippen molar-refractivity contribution in [1.29, 1.82) is 0 Å². The molecule has 0 radical (unpaired) electrons. The van der Waals surface area contributed by atoms with E-state index in [1.165, 1.54) is 7.05 Å². The van der Waals surface area contributed by atoms with Crippen molar-refractivity contribution in [3.05, 3.63) is 34.9 Å². The van der Waals surface area contributed by atoms with Crippen molar-refractivity contribution in [2.75, 3.05) is 7.05 Å². The normalized spacial score (nSPS) is 11.0. The predicted octanol–water partition coefficient (Wildman–Crippen LogP) is 2.42. The fraction of sp³-hybridized carbons (Fsp3) is 0.200. The van der Waals surface area contributed by atoms with Gasteiger partial charge >= 0.3 is 6.09 Å². The molecule has 0 saturated heterocycles. The van der Waals surface area contributed by atoms with Crippen LogP contribution in [0.15, 0.2) is 29.4 Å². The molecule has 0 spiro atoms.